The van der Waals surface area contributed by atoms with Gasteiger partial charge in [0.1, 0.15) is 34.5 Å². The van der Waals surface area contributed by atoms with Crippen molar-refractivity contribution in [3.8, 4) is 62.6 Å². The van der Waals surface area contributed by atoms with Gasteiger partial charge < -0.3 is 18.9 Å². The summed E-state index contributed by atoms with van der Waals surface area (Å²) in [6.45, 7) is 0. The Bertz CT molecular complexity index is 2490. The van der Waals surface area contributed by atoms with Crippen molar-refractivity contribution < 1.29 is 18.9 Å². The van der Waals surface area contributed by atoms with Crippen LogP contribution < -0.4 is 18.9 Å². The minimum Gasteiger partial charge on any atom is -0.457 e. The Labute approximate surface area is 302 Å². The Morgan fingerprint density at radius 2 is 0.962 bits per heavy atom. The average molecular weight is 698 g/mol. The summed E-state index contributed by atoms with van der Waals surface area (Å²) in [5.41, 5.74) is 2.70. The quantitative estimate of drug-likeness (QED) is 0.139. The monoisotopic (exact) mass is 697 g/mol. The summed E-state index contributed by atoms with van der Waals surface area (Å²) in [7, 11) is 0. The highest BCUT2D eigenvalue weighted by molar-refractivity contribution is 7.13. The molecule has 4 aromatic carbocycles. The fourth-order valence-electron chi connectivity index (χ4n) is 5.86. The maximum Gasteiger partial charge on any atom is 0.234 e. The lowest BCUT2D eigenvalue weighted by Crippen LogP contribution is -2.01. The van der Waals surface area contributed by atoms with Gasteiger partial charge >= 0.3 is 0 Å². The molecule has 10 heteroatoms. The second-order valence-electron chi connectivity index (χ2n) is 11.6. The molecule has 9 aromatic rings. The van der Waals surface area contributed by atoms with Gasteiger partial charge in [-0.15, -0.1) is 11.3 Å². The average Bonchev–Trinajstić information content (AvgIpc) is 3.83. The number of ether oxygens (including phenoxy) is 4. The number of thiophene rings is 1. The van der Waals surface area contributed by atoms with Gasteiger partial charge in [-0.1, -0.05) is 30.3 Å². The molecule has 5 aromatic heterocycles. The van der Waals surface area contributed by atoms with Crippen LogP contribution in [0.25, 0.3) is 38.2 Å². The molecule has 0 bridgehead atoms. The van der Waals surface area contributed by atoms with Crippen LogP contribution in [0.4, 0.5) is 0 Å². The standard InChI is InChI=1S/C42H27N5O4S/c1-3-19-43-40(13-1)50-31-10-5-8-29(22-31)48-33-15-17-35-36-18-16-34(49-30-9-6-11-32(23-30)51-41-14-2-4-20-44-41)25-38(36)47(37(35)24-33)42-45-26-28(27-46-42)39-12-7-21-52-39/h1-27H. The van der Waals surface area contributed by atoms with E-state index < -0.39 is 0 Å². The number of benzene rings is 4. The molecule has 5 heterocycles. The third-order valence-corrected chi connectivity index (χ3v) is 9.08. The van der Waals surface area contributed by atoms with Crippen LogP contribution in [0, 0.1) is 0 Å². The minimum atomic E-state index is 0.504. The first-order valence-corrected chi connectivity index (χ1v) is 17.3. The van der Waals surface area contributed by atoms with Gasteiger partial charge in [0, 0.05) is 82.4 Å². The van der Waals surface area contributed by atoms with Gasteiger partial charge in [-0.25, -0.2) is 19.9 Å². The van der Waals surface area contributed by atoms with Crippen molar-refractivity contribution in [2.45, 2.75) is 0 Å². The maximum absolute atomic E-state index is 6.38. The highest BCUT2D eigenvalue weighted by Gasteiger charge is 2.17. The molecular weight excluding hydrogens is 671 g/mol. The molecular formula is C42H27N5O4S. The second-order valence-corrected chi connectivity index (χ2v) is 12.6. The Balaban J connectivity index is 1.08. The van der Waals surface area contributed by atoms with E-state index in [1.165, 1.54) is 0 Å². The lowest BCUT2D eigenvalue weighted by atomic mass is 10.1. The predicted octanol–water partition coefficient (Wildman–Crippen LogP) is 11.3. The molecule has 52 heavy (non-hydrogen) atoms. The molecule has 0 aliphatic carbocycles. The van der Waals surface area contributed by atoms with E-state index in [-0.39, 0.29) is 0 Å². The topological polar surface area (TPSA) is 93.4 Å². The fraction of sp³-hybridized carbons (Fsp3) is 0. The molecule has 0 N–H and O–H groups in total. The van der Waals surface area contributed by atoms with Crippen molar-refractivity contribution in [3.05, 3.63) is 164 Å². The van der Waals surface area contributed by atoms with Gasteiger partial charge in [-0.3, -0.25) is 4.57 Å². The molecule has 9 nitrogen and oxygen atoms in total. The van der Waals surface area contributed by atoms with E-state index in [2.05, 4.69) is 28.2 Å². The van der Waals surface area contributed by atoms with Crippen LogP contribution in [0.3, 0.4) is 0 Å². The number of fused-ring (bicyclic) bond motifs is 3. The molecule has 0 radical (unpaired) electrons. The fourth-order valence-corrected chi connectivity index (χ4v) is 6.56. The molecule has 0 amide bonds. The van der Waals surface area contributed by atoms with Gasteiger partial charge in [0.15, 0.2) is 0 Å². The van der Waals surface area contributed by atoms with Gasteiger partial charge in [-0.05, 0) is 72.1 Å². The molecule has 9 rings (SSSR count). The smallest absolute Gasteiger partial charge is 0.234 e. The largest absolute Gasteiger partial charge is 0.457 e. The molecule has 0 saturated carbocycles. The number of hydrogen-bond donors (Lipinski definition) is 0. The summed E-state index contributed by atoms with van der Waals surface area (Å²) in [4.78, 5) is 19.3. The van der Waals surface area contributed by atoms with E-state index in [9.17, 15) is 0 Å². The maximum atomic E-state index is 6.38. The van der Waals surface area contributed by atoms with Crippen molar-refractivity contribution in [2.24, 2.45) is 0 Å². The van der Waals surface area contributed by atoms with Gasteiger partial charge in [0.2, 0.25) is 17.7 Å². The summed E-state index contributed by atoms with van der Waals surface area (Å²) in [6.07, 6.45) is 7.09. The van der Waals surface area contributed by atoms with Crippen molar-refractivity contribution in [1.29, 1.82) is 0 Å². The number of aromatic nitrogens is 5. The number of rotatable bonds is 10. The zero-order valence-electron chi connectivity index (χ0n) is 27.4. The Kier molecular flexibility index (Phi) is 8.16. The molecule has 0 aliphatic rings. The zero-order chi connectivity index (χ0) is 34.7. The van der Waals surface area contributed by atoms with Crippen LogP contribution in [0.1, 0.15) is 0 Å². The molecule has 0 unspecified atom stereocenters. The predicted molar refractivity (Wildman–Crippen MR) is 201 cm³/mol. The Morgan fingerprint density at radius 1 is 0.442 bits per heavy atom. The summed E-state index contributed by atoms with van der Waals surface area (Å²) >= 11 is 1.65. The van der Waals surface area contributed by atoms with Crippen molar-refractivity contribution in [2.75, 3.05) is 0 Å². The number of pyridine rings is 2. The van der Waals surface area contributed by atoms with E-state index in [1.54, 1.807) is 35.9 Å². The van der Waals surface area contributed by atoms with Gasteiger partial charge in [0.25, 0.3) is 0 Å². The van der Waals surface area contributed by atoms with E-state index in [0.29, 0.717) is 52.2 Å². The lowest BCUT2D eigenvalue weighted by molar-refractivity contribution is 0.448. The summed E-state index contributed by atoms with van der Waals surface area (Å²) in [5, 5.41) is 4.07. The summed E-state index contributed by atoms with van der Waals surface area (Å²) in [5.74, 6) is 5.29. The summed E-state index contributed by atoms with van der Waals surface area (Å²) < 4.78 is 26.7. The number of nitrogens with zero attached hydrogens (tertiary/aromatic N) is 5. The van der Waals surface area contributed by atoms with Crippen LogP contribution in [0.5, 0.6) is 46.3 Å². The first-order valence-electron chi connectivity index (χ1n) is 16.4. The Hall–Kier alpha value is -7.04. The molecule has 250 valence electrons. The second kappa shape index (κ2) is 13.7. The molecule has 0 aliphatic heterocycles. The van der Waals surface area contributed by atoms with Gasteiger partial charge in [-0.2, -0.15) is 0 Å². The molecule has 0 spiro atoms. The first kappa shape index (κ1) is 31.0. The van der Waals surface area contributed by atoms with E-state index in [4.69, 9.17) is 28.9 Å². The van der Waals surface area contributed by atoms with E-state index in [1.807, 2.05) is 125 Å². The van der Waals surface area contributed by atoms with Crippen molar-refractivity contribution >= 4 is 33.1 Å². The van der Waals surface area contributed by atoms with Crippen LogP contribution in [0.15, 0.2) is 164 Å². The van der Waals surface area contributed by atoms with E-state index >= 15 is 0 Å². The summed E-state index contributed by atoms with van der Waals surface area (Å²) in [6, 6.07) is 42.1. The molecule has 0 fully saturated rings. The number of hydrogen-bond acceptors (Lipinski definition) is 9. The first-order chi connectivity index (χ1) is 25.7. The van der Waals surface area contributed by atoms with Crippen LogP contribution in [-0.2, 0) is 0 Å². The third-order valence-electron chi connectivity index (χ3n) is 8.16. The van der Waals surface area contributed by atoms with Crippen LogP contribution in [-0.4, -0.2) is 24.5 Å². The normalized spacial score (nSPS) is 11.1. The highest BCUT2D eigenvalue weighted by atomic mass is 32.1. The minimum absolute atomic E-state index is 0.504. The Morgan fingerprint density at radius 3 is 1.44 bits per heavy atom. The zero-order valence-corrected chi connectivity index (χ0v) is 28.2. The van der Waals surface area contributed by atoms with Crippen molar-refractivity contribution in [3.63, 3.8) is 0 Å². The molecule has 0 saturated heterocycles. The van der Waals surface area contributed by atoms with Crippen LogP contribution in [0.2, 0.25) is 0 Å². The van der Waals surface area contributed by atoms with Crippen molar-refractivity contribution in [1.82, 2.24) is 24.5 Å². The lowest BCUT2D eigenvalue weighted by Gasteiger charge is -2.11. The molecule has 0 atom stereocenters. The third kappa shape index (κ3) is 6.49. The van der Waals surface area contributed by atoms with Gasteiger partial charge in [0.05, 0.1) is 11.0 Å². The van der Waals surface area contributed by atoms with Crippen LogP contribution >= 0.6 is 11.3 Å². The SMILES string of the molecule is c1ccc(Oc2cccc(Oc3ccc4c5ccc(Oc6cccc(Oc7ccccn7)c6)cc5n(-c5ncc(-c6cccs6)cn5)c4c3)c2)nc1. The highest BCUT2D eigenvalue weighted by Crippen LogP contribution is 2.38. The van der Waals surface area contributed by atoms with E-state index in [0.717, 1.165) is 32.2 Å².